The van der Waals surface area contributed by atoms with Crippen LogP contribution >= 0.6 is 57.1 Å². The van der Waals surface area contributed by atoms with Gasteiger partial charge in [0.25, 0.3) is 0 Å². The average molecular weight is 330 g/mol. The molecule has 0 unspecified atom stereocenters. The predicted octanol–water partition coefficient (Wildman–Crippen LogP) is 4.21. The van der Waals surface area contributed by atoms with Crippen molar-refractivity contribution in [2.24, 2.45) is 0 Å². The highest BCUT2D eigenvalue weighted by Gasteiger charge is 2.08. The smallest absolute Gasteiger partial charge is 0.155 e. The molecule has 5 heteroatoms. The van der Waals surface area contributed by atoms with Crippen LogP contribution in [0.5, 0.6) is 0 Å². The second kappa shape index (κ2) is 3.29. The van der Waals surface area contributed by atoms with Crippen molar-refractivity contribution in [1.29, 1.82) is 0 Å². The molecule has 62 valence electrons. The molecule has 1 nitrogen and oxygen atoms in total. The summed E-state index contributed by atoms with van der Waals surface area (Å²) >= 11 is 15.6. The third kappa shape index (κ3) is 1.43. The third-order valence-electron chi connectivity index (χ3n) is 1.42. The lowest BCUT2D eigenvalue weighted by molar-refractivity contribution is 1.45. The normalized spacial score (nSPS) is 10.9. The zero-order valence-corrected chi connectivity index (χ0v) is 10.1. The van der Waals surface area contributed by atoms with Crippen LogP contribution in [-0.4, -0.2) is 4.98 Å². The molecule has 1 aromatic carbocycles. The monoisotopic (exact) mass is 329 g/mol. The molecule has 0 radical (unpaired) electrons. The van der Waals surface area contributed by atoms with Crippen molar-refractivity contribution in [1.82, 2.24) is 4.98 Å². The number of fused-ring (bicyclic) bond motifs is 1. The number of aromatic nitrogens is 1. The molecule has 1 aromatic heterocycles. The Kier molecular flexibility index (Phi) is 2.46. The van der Waals surface area contributed by atoms with Gasteiger partial charge in [0.1, 0.15) is 5.52 Å². The molecule has 0 fully saturated rings. The van der Waals surface area contributed by atoms with Gasteiger partial charge in [-0.2, -0.15) is 0 Å². The Labute approximate surface area is 96.8 Å². The van der Waals surface area contributed by atoms with E-state index in [1.807, 2.05) is 0 Å². The lowest BCUT2D eigenvalue weighted by Gasteiger charge is -1.92. The molecule has 0 spiro atoms. The maximum atomic E-state index is 5.95. The summed E-state index contributed by atoms with van der Waals surface area (Å²) in [5.74, 6) is 0. The first-order chi connectivity index (χ1) is 5.68. The van der Waals surface area contributed by atoms with Crippen LogP contribution in [0.1, 0.15) is 0 Å². The lowest BCUT2D eigenvalue weighted by Crippen LogP contribution is -1.71. The summed E-state index contributed by atoms with van der Waals surface area (Å²) in [5, 5.41) is 1.38. The number of thiazole rings is 1. The van der Waals surface area contributed by atoms with Crippen LogP contribution in [0.3, 0.4) is 0 Å². The molecule has 0 saturated heterocycles. The number of benzene rings is 1. The zero-order valence-electron chi connectivity index (χ0n) is 5.64. The van der Waals surface area contributed by atoms with Gasteiger partial charge >= 0.3 is 0 Å². The fraction of sp³-hybridized carbons (Fsp3) is 0. The fourth-order valence-corrected chi connectivity index (χ4v) is 3.07. The minimum atomic E-state index is 0.661. The van der Waals surface area contributed by atoms with E-state index in [9.17, 15) is 0 Å². The van der Waals surface area contributed by atoms with Crippen molar-refractivity contribution < 1.29 is 0 Å². The molecule has 12 heavy (non-hydrogen) atoms. The Morgan fingerprint density at radius 1 is 1.25 bits per heavy atom. The van der Waals surface area contributed by atoms with Crippen LogP contribution in [0.4, 0.5) is 0 Å². The highest BCUT2D eigenvalue weighted by molar-refractivity contribution is 14.1. The van der Waals surface area contributed by atoms with E-state index >= 15 is 0 Å². The first-order valence-electron chi connectivity index (χ1n) is 3.08. The van der Waals surface area contributed by atoms with Crippen LogP contribution in [0.25, 0.3) is 10.2 Å². The van der Waals surface area contributed by atoms with E-state index < -0.39 is 0 Å². The molecule has 0 amide bonds. The highest BCUT2D eigenvalue weighted by Crippen LogP contribution is 2.34. The molecule has 0 bridgehead atoms. The summed E-state index contributed by atoms with van der Waals surface area (Å²) in [6, 6.07) is 3.56. The van der Waals surface area contributed by atoms with Crippen molar-refractivity contribution in [3.63, 3.8) is 0 Å². The maximum absolute atomic E-state index is 5.95. The van der Waals surface area contributed by atoms with E-state index in [1.54, 1.807) is 23.5 Å². The number of nitrogens with zero attached hydrogens (tertiary/aromatic N) is 1. The van der Waals surface area contributed by atoms with E-state index in [4.69, 9.17) is 23.2 Å². The standard InChI is InChI=1S/C7H2Cl2INS/c8-3-1-2-4(9)6-5(3)11-7(10)12-6/h1-2H. The number of rotatable bonds is 0. The van der Waals surface area contributed by atoms with Gasteiger partial charge in [-0.05, 0) is 34.7 Å². The minimum Gasteiger partial charge on any atom is -0.228 e. The SMILES string of the molecule is Clc1ccc(Cl)c2sc(I)nc12. The summed E-state index contributed by atoms with van der Waals surface area (Å²) in [4.78, 5) is 4.26. The van der Waals surface area contributed by atoms with E-state index in [0.29, 0.717) is 5.02 Å². The van der Waals surface area contributed by atoms with Crippen molar-refractivity contribution in [3.05, 3.63) is 25.2 Å². The Bertz CT molecular complexity index is 401. The van der Waals surface area contributed by atoms with Gasteiger partial charge in [-0.3, -0.25) is 0 Å². The summed E-state index contributed by atoms with van der Waals surface area (Å²) in [7, 11) is 0. The van der Waals surface area contributed by atoms with Gasteiger partial charge in [-0.25, -0.2) is 4.98 Å². The van der Waals surface area contributed by atoms with Crippen molar-refractivity contribution >= 4 is 67.3 Å². The van der Waals surface area contributed by atoms with E-state index in [1.165, 1.54) is 0 Å². The van der Waals surface area contributed by atoms with Gasteiger partial charge in [-0.1, -0.05) is 23.2 Å². The van der Waals surface area contributed by atoms with Crippen LogP contribution < -0.4 is 0 Å². The number of halogens is 3. The number of hydrogen-bond acceptors (Lipinski definition) is 2. The van der Waals surface area contributed by atoms with Gasteiger partial charge in [0, 0.05) is 0 Å². The summed E-state index contributed by atoms with van der Waals surface area (Å²) in [6.45, 7) is 0. The second-order valence-electron chi connectivity index (χ2n) is 2.17. The number of hydrogen-bond donors (Lipinski definition) is 0. The topological polar surface area (TPSA) is 12.9 Å². The first-order valence-corrected chi connectivity index (χ1v) is 5.73. The molecular formula is C7H2Cl2INS. The summed E-state index contributed by atoms with van der Waals surface area (Å²) < 4.78 is 1.92. The fourth-order valence-electron chi connectivity index (χ4n) is 0.919. The van der Waals surface area contributed by atoms with E-state index in [-0.39, 0.29) is 0 Å². The minimum absolute atomic E-state index is 0.661. The van der Waals surface area contributed by atoms with Crippen LogP contribution in [0, 0.1) is 3.01 Å². The molecule has 2 rings (SSSR count). The lowest BCUT2D eigenvalue weighted by atomic mass is 10.3. The summed E-state index contributed by atoms with van der Waals surface area (Å²) in [5.41, 5.74) is 0.804. The maximum Gasteiger partial charge on any atom is 0.155 e. The van der Waals surface area contributed by atoms with Gasteiger partial charge in [0.15, 0.2) is 3.01 Å². The first kappa shape index (κ1) is 8.99. The Balaban J connectivity index is 2.93. The largest absolute Gasteiger partial charge is 0.228 e. The molecule has 2 aromatic rings. The Morgan fingerprint density at radius 3 is 2.58 bits per heavy atom. The third-order valence-corrected chi connectivity index (χ3v) is 3.93. The molecule has 0 aliphatic rings. The van der Waals surface area contributed by atoms with Crippen LogP contribution in [-0.2, 0) is 0 Å². The van der Waals surface area contributed by atoms with Crippen LogP contribution in [0.15, 0.2) is 12.1 Å². The Morgan fingerprint density at radius 2 is 1.92 bits per heavy atom. The van der Waals surface area contributed by atoms with E-state index in [0.717, 1.165) is 18.3 Å². The second-order valence-corrected chi connectivity index (χ2v) is 5.74. The molecule has 0 aliphatic heterocycles. The van der Waals surface area contributed by atoms with Gasteiger partial charge in [0.2, 0.25) is 0 Å². The van der Waals surface area contributed by atoms with Crippen molar-refractivity contribution in [3.8, 4) is 0 Å². The van der Waals surface area contributed by atoms with Gasteiger partial charge < -0.3 is 0 Å². The van der Waals surface area contributed by atoms with Crippen LogP contribution in [0.2, 0.25) is 10.0 Å². The molecule has 0 saturated carbocycles. The molecule has 0 atom stereocenters. The zero-order chi connectivity index (χ0) is 8.72. The molecule has 0 N–H and O–H groups in total. The Hall–Kier alpha value is 0.420. The van der Waals surface area contributed by atoms with E-state index in [2.05, 4.69) is 27.6 Å². The quantitative estimate of drug-likeness (QED) is 0.660. The van der Waals surface area contributed by atoms with Crippen molar-refractivity contribution in [2.45, 2.75) is 0 Å². The molecular weight excluding hydrogens is 328 g/mol. The summed E-state index contributed by atoms with van der Waals surface area (Å²) in [6.07, 6.45) is 0. The van der Waals surface area contributed by atoms with Crippen molar-refractivity contribution in [2.75, 3.05) is 0 Å². The van der Waals surface area contributed by atoms with Gasteiger partial charge in [0.05, 0.1) is 14.7 Å². The molecule has 1 heterocycles. The highest BCUT2D eigenvalue weighted by atomic mass is 127. The molecule has 0 aliphatic carbocycles. The van der Waals surface area contributed by atoms with Gasteiger partial charge in [-0.15, -0.1) is 11.3 Å². The predicted molar refractivity (Wildman–Crippen MR) is 62.4 cm³/mol. The average Bonchev–Trinajstić information content (AvgIpc) is 2.41.